The molecule has 1 aliphatic carbocycles. The highest BCUT2D eigenvalue weighted by atomic mass is 79.9. The van der Waals surface area contributed by atoms with E-state index < -0.39 is 8.32 Å². The van der Waals surface area contributed by atoms with E-state index in [1.165, 1.54) is 0 Å². The molecule has 2 saturated heterocycles. The molecule has 0 amide bonds. The molecule has 240 valence electrons. The van der Waals surface area contributed by atoms with Crippen molar-refractivity contribution in [3.05, 3.63) is 42.5 Å². The highest BCUT2D eigenvalue weighted by molar-refractivity contribution is 9.09. The van der Waals surface area contributed by atoms with Gasteiger partial charge in [0, 0.05) is 19.1 Å². The molecule has 3 aliphatic rings. The molecule has 0 radical (unpaired) electrons. The van der Waals surface area contributed by atoms with Gasteiger partial charge in [0.2, 0.25) is 0 Å². The standard InChI is InChI=1S/C35H53BrO6Si/c1-7-26(36)23-30-29(20-19-28(40-33-17-11-13-21-37-33)25-39-27-15-9-8-10-16-27)31(41-34-18-12-14-22-38-34)24-32(30)42-43(5,6)35(2,3)4/h1,8-10,15-16,19-20,26,28-34H,11-14,17-18,21-25H2,2-6H3/t26-,28?,29?,30?,31?,32?,33?,34?/m1/s1. The number of hydrogen-bond donors (Lipinski definition) is 0. The molecule has 7 unspecified atom stereocenters. The molecule has 4 rings (SSSR count). The number of benzene rings is 1. The van der Waals surface area contributed by atoms with Crippen molar-refractivity contribution in [1.82, 2.24) is 0 Å². The quantitative estimate of drug-likeness (QED) is 0.0908. The minimum absolute atomic E-state index is 0.0409. The van der Waals surface area contributed by atoms with E-state index in [1.807, 2.05) is 30.3 Å². The summed E-state index contributed by atoms with van der Waals surface area (Å²) >= 11 is 3.74. The normalized spacial score (nSPS) is 30.2. The van der Waals surface area contributed by atoms with Crippen molar-refractivity contribution in [3.63, 3.8) is 0 Å². The van der Waals surface area contributed by atoms with Crippen LogP contribution >= 0.6 is 15.9 Å². The van der Waals surface area contributed by atoms with E-state index in [0.29, 0.717) is 6.61 Å². The highest BCUT2D eigenvalue weighted by Crippen LogP contribution is 2.46. The summed E-state index contributed by atoms with van der Waals surface area (Å²) in [5.41, 5.74) is 0. The first-order valence-electron chi connectivity index (χ1n) is 16.2. The van der Waals surface area contributed by atoms with Gasteiger partial charge >= 0.3 is 0 Å². The lowest BCUT2D eigenvalue weighted by molar-refractivity contribution is -0.193. The van der Waals surface area contributed by atoms with Gasteiger partial charge in [0.1, 0.15) is 18.5 Å². The first kappa shape index (κ1) is 34.7. The smallest absolute Gasteiger partial charge is 0.192 e. The fourth-order valence-electron chi connectivity index (χ4n) is 5.92. The van der Waals surface area contributed by atoms with Crippen molar-refractivity contribution < 1.29 is 28.1 Å². The van der Waals surface area contributed by atoms with E-state index in [-0.39, 0.29) is 52.6 Å². The zero-order valence-electron chi connectivity index (χ0n) is 26.8. The van der Waals surface area contributed by atoms with E-state index in [1.54, 1.807) is 0 Å². The lowest BCUT2D eigenvalue weighted by atomic mass is 9.88. The Kier molecular flexibility index (Phi) is 13.2. The predicted molar refractivity (Wildman–Crippen MR) is 178 cm³/mol. The molecular weight excluding hydrogens is 624 g/mol. The van der Waals surface area contributed by atoms with Gasteiger partial charge < -0.3 is 28.1 Å². The summed E-state index contributed by atoms with van der Waals surface area (Å²) in [4.78, 5) is -0.0484. The van der Waals surface area contributed by atoms with Gasteiger partial charge in [-0.1, -0.05) is 73.0 Å². The molecular formula is C35H53BrO6Si. The third kappa shape index (κ3) is 10.4. The first-order valence-corrected chi connectivity index (χ1v) is 20.1. The van der Waals surface area contributed by atoms with Crippen LogP contribution in [0.5, 0.6) is 5.75 Å². The molecule has 1 aromatic rings. The van der Waals surface area contributed by atoms with Gasteiger partial charge in [0.25, 0.3) is 0 Å². The fraction of sp³-hybridized carbons (Fsp3) is 0.714. The van der Waals surface area contributed by atoms with Gasteiger partial charge in [0.15, 0.2) is 20.9 Å². The number of hydrogen-bond acceptors (Lipinski definition) is 6. The Balaban J connectivity index is 1.60. The van der Waals surface area contributed by atoms with Gasteiger partial charge in [-0.2, -0.15) is 0 Å². The highest BCUT2D eigenvalue weighted by Gasteiger charge is 2.49. The molecule has 0 N–H and O–H groups in total. The number of ether oxygens (including phenoxy) is 5. The SMILES string of the molecule is C#C[C@@H](Br)CC1C(O[Si](C)(C)C(C)(C)C)CC(OC2CCCCO2)C1C=CC(COc1ccccc1)OC1CCCCO1. The molecule has 1 saturated carbocycles. The molecule has 8 heteroatoms. The third-order valence-electron chi connectivity index (χ3n) is 9.41. The Morgan fingerprint density at radius 3 is 2.30 bits per heavy atom. The second kappa shape index (κ2) is 16.4. The van der Waals surface area contributed by atoms with E-state index in [4.69, 9.17) is 34.5 Å². The summed E-state index contributed by atoms with van der Waals surface area (Å²) in [7, 11) is -2.05. The van der Waals surface area contributed by atoms with Crippen LogP contribution in [0.1, 0.15) is 72.1 Å². The maximum atomic E-state index is 7.12. The predicted octanol–water partition coefficient (Wildman–Crippen LogP) is 8.26. The van der Waals surface area contributed by atoms with Crippen LogP contribution < -0.4 is 4.74 Å². The average molecular weight is 678 g/mol. The van der Waals surface area contributed by atoms with Crippen molar-refractivity contribution in [2.75, 3.05) is 19.8 Å². The summed E-state index contributed by atoms with van der Waals surface area (Å²) in [6.07, 6.45) is 17.5. The molecule has 8 atom stereocenters. The largest absolute Gasteiger partial charge is 0.491 e. The minimum Gasteiger partial charge on any atom is -0.491 e. The summed E-state index contributed by atoms with van der Waals surface area (Å²) < 4.78 is 38.5. The zero-order valence-corrected chi connectivity index (χ0v) is 29.4. The van der Waals surface area contributed by atoms with Gasteiger partial charge in [-0.05, 0) is 87.5 Å². The molecule has 2 heterocycles. The summed E-state index contributed by atoms with van der Waals surface area (Å²) in [6, 6.07) is 9.89. The number of halogens is 1. The molecule has 1 aromatic carbocycles. The van der Waals surface area contributed by atoms with Crippen LogP contribution in [0.25, 0.3) is 0 Å². The first-order chi connectivity index (χ1) is 20.6. The second-order valence-electron chi connectivity index (χ2n) is 13.7. The molecule has 2 aliphatic heterocycles. The number of rotatable bonds is 13. The van der Waals surface area contributed by atoms with E-state index in [0.717, 1.165) is 70.3 Å². The number of para-hydroxylation sites is 1. The van der Waals surface area contributed by atoms with Gasteiger partial charge in [-0.15, -0.1) is 6.42 Å². The Labute approximate surface area is 269 Å². The van der Waals surface area contributed by atoms with E-state index in [2.05, 4.69) is 67.9 Å². The topological polar surface area (TPSA) is 55.4 Å². The van der Waals surface area contributed by atoms with Crippen LogP contribution in [-0.2, 0) is 23.4 Å². The van der Waals surface area contributed by atoms with Crippen LogP contribution in [-0.4, -0.2) is 63.9 Å². The van der Waals surface area contributed by atoms with Crippen LogP contribution in [0.3, 0.4) is 0 Å². The van der Waals surface area contributed by atoms with Crippen molar-refractivity contribution in [2.24, 2.45) is 11.8 Å². The fourth-order valence-corrected chi connectivity index (χ4v) is 7.73. The number of alkyl halides is 1. The third-order valence-corrected chi connectivity index (χ3v) is 14.6. The lowest BCUT2D eigenvalue weighted by Crippen LogP contribution is -2.45. The molecule has 0 bridgehead atoms. The Hall–Kier alpha value is -1.18. The maximum Gasteiger partial charge on any atom is 0.192 e. The summed E-state index contributed by atoms with van der Waals surface area (Å²) in [5.74, 6) is 3.99. The molecule has 43 heavy (non-hydrogen) atoms. The van der Waals surface area contributed by atoms with Crippen molar-refractivity contribution in [2.45, 2.75) is 126 Å². The molecule has 0 spiro atoms. The second-order valence-corrected chi connectivity index (χ2v) is 19.6. The lowest BCUT2D eigenvalue weighted by Gasteiger charge is -2.40. The summed E-state index contributed by atoms with van der Waals surface area (Å²) in [6.45, 7) is 13.4. The monoisotopic (exact) mass is 676 g/mol. The number of terminal acetylenes is 1. The summed E-state index contributed by atoms with van der Waals surface area (Å²) in [5, 5.41) is 0.0991. The Morgan fingerprint density at radius 2 is 1.70 bits per heavy atom. The van der Waals surface area contributed by atoms with Crippen LogP contribution in [0.15, 0.2) is 42.5 Å². The van der Waals surface area contributed by atoms with Gasteiger partial charge in [0.05, 0.1) is 17.0 Å². The Bertz CT molecular complexity index is 1030. The van der Waals surface area contributed by atoms with Crippen LogP contribution in [0.4, 0.5) is 0 Å². The van der Waals surface area contributed by atoms with Crippen molar-refractivity contribution in [1.29, 1.82) is 0 Å². The average Bonchev–Trinajstić information content (AvgIpc) is 3.29. The molecule has 3 fully saturated rings. The van der Waals surface area contributed by atoms with Crippen LogP contribution in [0.2, 0.25) is 18.1 Å². The minimum atomic E-state index is -2.05. The zero-order chi connectivity index (χ0) is 30.9. The molecule has 6 nitrogen and oxygen atoms in total. The van der Waals surface area contributed by atoms with E-state index in [9.17, 15) is 0 Å². The van der Waals surface area contributed by atoms with Gasteiger partial charge in [-0.25, -0.2) is 0 Å². The maximum absolute atomic E-state index is 7.12. The van der Waals surface area contributed by atoms with Crippen molar-refractivity contribution in [3.8, 4) is 18.1 Å². The van der Waals surface area contributed by atoms with Crippen molar-refractivity contribution >= 4 is 24.2 Å². The molecule has 0 aromatic heterocycles. The van der Waals surface area contributed by atoms with Gasteiger partial charge in [-0.3, -0.25) is 0 Å². The van der Waals surface area contributed by atoms with E-state index >= 15 is 0 Å². The van der Waals surface area contributed by atoms with Crippen LogP contribution in [0, 0.1) is 24.2 Å². The Morgan fingerprint density at radius 1 is 1.02 bits per heavy atom.